The van der Waals surface area contributed by atoms with Crippen molar-refractivity contribution >= 4 is 46.6 Å². The number of hydrazine groups is 1. The lowest BCUT2D eigenvalue weighted by atomic mass is 10.3. The van der Waals surface area contributed by atoms with Gasteiger partial charge in [-0.05, 0) is 30.9 Å². The van der Waals surface area contributed by atoms with E-state index in [9.17, 15) is 0 Å². The van der Waals surface area contributed by atoms with Crippen molar-refractivity contribution in [1.82, 2.24) is 30.5 Å². The average molecular weight is 373 g/mol. The van der Waals surface area contributed by atoms with Gasteiger partial charge >= 0.3 is 0 Å². The van der Waals surface area contributed by atoms with Crippen molar-refractivity contribution in [1.29, 1.82) is 0 Å². The summed E-state index contributed by atoms with van der Waals surface area (Å²) in [6, 6.07) is 0. The van der Waals surface area contributed by atoms with E-state index < -0.39 is 0 Å². The van der Waals surface area contributed by atoms with Crippen LogP contribution in [0.2, 0.25) is 0 Å². The van der Waals surface area contributed by atoms with E-state index in [4.69, 9.17) is 34.9 Å². The van der Waals surface area contributed by atoms with Crippen molar-refractivity contribution in [2.24, 2.45) is 0 Å². The first-order chi connectivity index (χ1) is 11.5. The van der Waals surface area contributed by atoms with Gasteiger partial charge in [0, 0.05) is 26.7 Å². The predicted octanol–water partition coefficient (Wildman–Crippen LogP) is -0.0591. The number of thiocarbonyl (C=S) groups is 2. The van der Waals surface area contributed by atoms with Gasteiger partial charge in [0.1, 0.15) is 0 Å². The molecule has 11 heteroatoms. The van der Waals surface area contributed by atoms with E-state index in [1.54, 1.807) is 12.1 Å². The Labute approximate surface area is 152 Å². The largest absolute Gasteiger partial charge is 0.378 e. The average Bonchev–Trinajstić information content (AvgIpc) is 2.97. The van der Waals surface area contributed by atoms with Gasteiger partial charge in [0.2, 0.25) is 17.0 Å². The summed E-state index contributed by atoms with van der Waals surface area (Å²) < 4.78 is 6.75. The molecule has 4 N–H and O–H groups in total. The Bertz CT molecular complexity index is 572. The van der Waals surface area contributed by atoms with E-state index in [0.29, 0.717) is 29.4 Å². The first kappa shape index (κ1) is 18.6. The highest BCUT2D eigenvalue weighted by molar-refractivity contribution is 7.80. The van der Waals surface area contributed by atoms with Crippen LogP contribution in [0.3, 0.4) is 0 Å². The van der Waals surface area contributed by atoms with E-state index in [2.05, 4.69) is 27.7 Å². The van der Waals surface area contributed by atoms with E-state index in [1.165, 1.54) is 4.68 Å². The second-order valence-corrected chi connectivity index (χ2v) is 6.12. The van der Waals surface area contributed by atoms with Gasteiger partial charge in [-0.3, -0.25) is 10.4 Å². The van der Waals surface area contributed by atoms with Crippen molar-refractivity contribution in [2.75, 3.05) is 50.5 Å². The number of rotatable bonds is 4. The van der Waals surface area contributed by atoms with Crippen LogP contribution in [0.4, 0.5) is 11.9 Å². The summed E-state index contributed by atoms with van der Waals surface area (Å²) in [6.07, 6.45) is 2.15. The van der Waals surface area contributed by atoms with Crippen LogP contribution in [0.15, 0.2) is 0 Å². The molecule has 1 aromatic rings. The van der Waals surface area contributed by atoms with Crippen LogP contribution < -0.4 is 21.4 Å². The number of ether oxygens (including phenoxy) is 1. The fourth-order valence-electron chi connectivity index (χ4n) is 2.11. The van der Waals surface area contributed by atoms with Crippen molar-refractivity contribution < 1.29 is 4.74 Å². The summed E-state index contributed by atoms with van der Waals surface area (Å²) in [5, 5.41) is 9.96. The number of nitrogens with two attached hydrogens (primary N) is 1. The highest BCUT2D eigenvalue weighted by Crippen LogP contribution is 2.13. The van der Waals surface area contributed by atoms with E-state index in [0.717, 1.165) is 32.5 Å². The molecule has 0 saturated carbocycles. The number of nitrogens with zero attached hydrogens (tertiary/aromatic N) is 5. The Morgan fingerprint density at radius 1 is 1.38 bits per heavy atom. The molecule has 1 aliphatic rings. The number of anilines is 2. The van der Waals surface area contributed by atoms with Gasteiger partial charge < -0.3 is 20.7 Å². The Balaban J connectivity index is 1.95. The fourth-order valence-corrected chi connectivity index (χ4v) is 2.53. The topological polar surface area (TPSA) is 96.5 Å². The lowest BCUT2D eigenvalue weighted by Gasteiger charge is -2.25. The number of hydrogen-bond donors (Lipinski definition) is 3. The van der Waals surface area contributed by atoms with E-state index >= 15 is 0 Å². The molecule has 0 radical (unpaired) electrons. The minimum atomic E-state index is 0.236. The SMILES string of the molecule is CCCCNC(=S)NN(C)C(=S)n1nc(N2CCOCC2)nc1N. The van der Waals surface area contributed by atoms with Crippen molar-refractivity contribution in [3.8, 4) is 0 Å². The summed E-state index contributed by atoms with van der Waals surface area (Å²) in [4.78, 5) is 6.30. The first-order valence-electron chi connectivity index (χ1n) is 7.90. The smallest absolute Gasteiger partial charge is 0.247 e. The molecule has 1 saturated heterocycles. The summed E-state index contributed by atoms with van der Waals surface area (Å²) >= 11 is 10.6. The monoisotopic (exact) mass is 372 g/mol. The molecule has 9 nitrogen and oxygen atoms in total. The second-order valence-electron chi connectivity index (χ2n) is 5.34. The summed E-state index contributed by atoms with van der Waals surface area (Å²) in [5.41, 5.74) is 8.94. The van der Waals surface area contributed by atoms with Crippen LogP contribution in [0.1, 0.15) is 19.8 Å². The molecule has 0 spiro atoms. The van der Waals surface area contributed by atoms with Crippen LogP contribution in [-0.4, -0.2) is 69.9 Å². The minimum absolute atomic E-state index is 0.236. The molecule has 24 heavy (non-hydrogen) atoms. The van der Waals surface area contributed by atoms with Gasteiger partial charge in [0.15, 0.2) is 5.11 Å². The Hall–Kier alpha value is -1.72. The number of unbranched alkanes of at least 4 members (excludes halogenated alkanes) is 1. The molecule has 1 fully saturated rings. The molecule has 2 rings (SSSR count). The molecule has 2 heterocycles. The molecule has 0 unspecified atom stereocenters. The van der Waals surface area contributed by atoms with Crippen LogP contribution in [0.5, 0.6) is 0 Å². The van der Waals surface area contributed by atoms with Gasteiger partial charge in [-0.1, -0.05) is 13.3 Å². The van der Waals surface area contributed by atoms with Gasteiger partial charge in [-0.25, -0.2) is 0 Å². The third-order valence-electron chi connectivity index (χ3n) is 3.47. The summed E-state index contributed by atoms with van der Waals surface area (Å²) in [6.45, 7) is 5.70. The molecular formula is C13H24N8OS2. The van der Waals surface area contributed by atoms with E-state index in [1.807, 2.05) is 4.90 Å². The first-order valence-corrected chi connectivity index (χ1v) is 8.72. The maximum atomic E-state index is 5.96. The molecule has 1 aliphatic heterocycles. The van der Waals surface area contributed by atoms with Crippen LogP contribution >= 0.6 is 24.4 Å². The Morgan fingerprint density at radius 2 is 2.08 bits per heavy atom. The third-order valence-corrected chi connectivity index (χ3v) is 4.15. The molecule has 0 bridgehead atoms. The lowest BCUT2D eigenvalue weighted by molar-refractivity contribution is 0.122. The lowest BCUT2D eigenvalue weighted by Crippen LogP contribution is -2.49. The predicted molar refractivity (Wildman–Crippen MR) is 102 cm³/mol. The van der Waals surface area contributed by atoms with Gasteiger partial charge in [-0.2, -0.15) is 9.67 Å². The van der Waals surface area contributed by atoms with Gasteiger partial charge in [0.05, 0.1) is 13.2 Å². The number of hydrogen-bond acceptors (Lipinski definition) is 7. The third kappa shape index (κ3) is 4.89. The van der Waals surface area contributed by atoms with Crippen molar-refractivity contribution in [3.63, 3.8) is 0 Å². The molecule has 0 aliphatic carbocycles. The van der Waals surface area contributed by atoms with Gasteiger partial charge in [0.25, 0.3) is 0 Å². The fraction of sp³-hybridized carbons (Fsp3) is 0.692. The number of nitrogens with one attached hydrogen (secondary N) is 2. The number of aromatic nitrogens is 3. The van der Waals surface area contributed by atoms with Crippen molar-refractivity contribution in [2.45, 2.75) is 19.8 Å². The van der Waals surface area contributed by atoms with Crippen LogP contribution in [-0.2, 0) is 4.74 Å². The van der Waals surface area contributed by atoms with Crippen LogP contribution in [0.25, 0.3) is 0 Å². The molecule has 0 aromatic carbocycles. The maximum absolute atomic E-state index is 5.96. The summed E-state index contributed by atoms with van der Waals surface area (Å²) in [7, 11) is 1.76. The second kappa shape index (κ2) is 8.94. The normalized spacial score (nSPS) is 14.3. The molecule has 0 amide bonds. The van der Waals surface area contributed by atoms with Crippen LogP contribution in [0, 0.1) is 0 Å². The zero-order chi connectivity index (χ0) is 17.5. The Kier molecular flexibility index (Phi) is 6.94. The zero-order valence-electron chi connectivity index (χ0n) is 14.0. The zero-order valence-corrected chi connectivity index (χ0v) is 15.6. The molecular weight excluding hydrogens is 348 g/mol. The minimum Gasteiger partial charge on any atom is -0.378 e. The summed E-state index contributed by atoms with van der Waals surface area (Å²) in [5.74, 6) is 0.787. The highest BCUT2D eigenvalue weighted by Gasteiger charge is 2.20. The Morgan fingerprint density at radius 3 is 2.75 bits per heavy atom. The maximum Gasteiger partial charge on any atom is 0.247 e. The van der Waals surface area contributed by atoms with Crippen molar-refractivity contribution in [3.05, 3.63) is 0 Å². The molecule has 134 valence electrons. The number of nitrogen functional groups attached to an aromatic ring is 1. The standard InChI is InChI=1S/C13H24N8OS2/c1-3-4-5-15-12(23)18-19(2)13(24)21-10(14)16-11(17-21)20-6-8-22-9-7-20/h3-9H2,1-2H3,(H2,14,16,17)(H2,15,18,23). The van der Waals surface area contributed by atoms with Gasteiger partial charge in [-0.15, -0.1) is 5.10 Å². The quantitative estimate of drug-likeness (QED) is 0.379. The number of morpholine rings is 1. The highest BCUT2D eigenvalue weighted by atomic mass is 32.1. The molecule has 0 atom stereocenters. The van der Waals surface area contributed by atoms with E-state index in [-0.39, 0.29) is 5.95 Å². The molecule has 1 aromatic heterocycles.